The lowest BCUT2D eigenvalue weighted by molar-refractivity contribution is 0.0972. The highest BCUT2D eigenvalue weighted by Gasteiger charge is 2.12. The maximum atomic E-state index is 11.9. The van der Waals surface area contributed by atoms with Crippen molar-refractivity contribution in [3.05, 3.63) is 47.5 Å². The molecule has 0 unspecified atom stereocenters. The van der Waals surface area contributed by atoms with Crippen molar-refractivity contribution >= 4 is 11.5 Å². The van der Waals surface area contributed by atoms with E-state index in [4.69, 9.17) is 18.9 Å². The van der Waals surface area contributed by atoms with Crippen LogP contribution in [0.2, 0.25) is 0 Å². The van der Waals surface area contributed by atoms with Gasteiger partial charge in [0.05, 0.1) is 28.4 Å². The summed E-state index contributed by atoms with van der Waals surface area (Å²) in [5.74, 6) is 2.86. The van der Waals surface area contributed by atoms with Crippen molar-refractivity contribution in [2.45, 2.75) is 19.3 Å². The van der Waals surface area contributed by atoms with E-state index in [9.17, 15) is 4.79 Å². The summed E-state index contributed by atoms with van der Waals surface area (Å²) in [6.07, 6.45) is 2.72. The fraction of sp³-hybridized carbons (Fsp3) is 0.440. The van der Waals surface area contributed by atoms with E-state index >= 15 is 0 Å². The lowest BCUT2D eigenvalue weighted by Gasteiger charge is -2.10. The molecule has 3 rings (SSSR count). The fourth-order valence-corrected chi connectivity index (χ4v) is 3.27. The molecule has 7 nitrogen and oxygen atoms in total. The number of nitrogens with zero attached hydrogens (tertiary/aromatic N) is 2. The molecule has 0 bridgehead atoms. The van der Waals surface area contributed by atoms with Crippen LogP contribution < -0.4 is 18.9 Å². The van der Waals surface area contributed by atoms with Crippen LogP contribution in [0.4, 0.5) is 0 Å². The average molecular weight is 443 g/mol. The number of carbonyl (C=O) groups is 1. The average Bonchev–Trinajstić information content (AvgIpc) is 3.37. The van der Waals surface area contributed by atoms with Crippen molar-refractivity contribution in [1.29, 1.82) is 0 Å². The first-order chi connectivity index (χ1) is 15.4. The van der Waals surface area contributed by atoms with Crippen molar-refractivity contribution in [2.75, 3.05) is 55.6 Å². The fourth-order valence-electron chi connectivity index (χ4n) is 3.27. The van der Waals surface area contributed by atoms with Crippen molar-refractivity contribution < 1.29 is 23.7 Å². The summed E-state index contributed by atoms with van der Waals surface area (Å²) in [4.78, 5) is 18.3. The zero-order valence-corrected chi connectivity index (χ0v) is 19.9. The van der Waals surface area contributed by atoms with Crippen LogP contribution in [0.3, 0.4) is 0 Å². The molecule has 1 aliphatic heterocycles. The monoisotopic (exact) mass is 442 g/mol. The summed E-state index contributed by atoms with van der Waals surface area (Å²) in [5, 5.41) is 0. The number of methoxy groups -OCH3 is 4. The van der Waals surface area contributed by atoms with Gasteiger partial charge in [-0.05, 0) is 68.9 Å². The largest absolute Gasteiger partial charge is 0.493 e. The molecule has 174 valence electrons. The molecule has 0 saturated carbocycles. The third-order valence-electron chi connectivity index (χ3n) is 5.08. The third-order valence-corrected chi connectivity index (χ3v) is 5.08. The Labute approximate surface area is 191 Å². The standard InChI is InChI=1S/C13H19NO3.C12H15NO2/c1-14(2)8-7-11(15)10-5-6-12(16-3)13(9-10)17-4;1-14-11-6-5-9(8-12(11)15-2)10-4-3-7-13-10/h5-6,9H,7-8H2,1-4H3;5-6,8H,3-4,7H2,1-2H3. The summed E-state index contributed by atoms with van der Waals surface area (Å²) in [5.41, 5.74) is 2.98. The highest BCUT2D eigenvalue weighted by Crippen LogP contribution is 2.29. The van der Waals surface area contributed by atoms with E-state index in [1.165, 1.54) is 5.71 Å². The van der Waals surface area contributed by atoms with E-state index in [2.05, 4.69) is 4.99 Å². The number of carbonyl (C=O) groups excluding carboxylic acids is 1. The second-order valence-electron chi connectivity index (χ2n) is 7.55. The Balaban J connectivity index is 0.000000228. The van der Waals surface area contributed by atoms with Crippen LogP contribution >= 0.6 is 0 Å². The maximum Gasteiger partial charge on any atom is 0.164 e. The number of ether oxygens (including phenoxy) is 4. The van der Waals surface area contributed by atoms with Gasteiger partial charge >= 0.3 is 0 Å². The third kappa shape index (κ3) is 6.99. The molecule has 0 atom stereocenters. The summed E-state index contributed by atoms with van der Waals surface area (Å²) in [6, 6.07) is 11.2. The van der Waals surface area contributed by atoms with E-state index in [0.29, 0.717) is 23.5 Å². The quantitative estimate of drug-likeness (QED) is 0.544. The van der Waals surface area contributed by atoms with Crippen LogP contribution in [0.25, 0.3) is 0 Å². The molecule has 2 aromatic carbocycles. The molecule has 32 heavy (non-hydrogen) atoms. The highest BCUT2D eigenvalue weighted by molar-refractivity contribution is 6.02. The van der Waals surface area contributed by atoms with Gasteiger partial charge in [0.15, 0.2) is 28.8 Å². The molecule has 0 fully saturated rings. The Hall–Kier alpha value is -3.06. The van der Waals surface area contributed by atoms with E-state index in [1.807, 2.05) is 37.2 Å². The predicted molar refractivity (Wildman–Crippen MR) is 127 cm³/mol. The van der Waals surface area contributed by atoms with Gasteiger partial charge in [-0.15, -0.1) is 0 Å². The predicted octanol–water partition coefficient (Wildman–Crippen LogP) is 4.12. The Morgan fingerprint density at radius 2 is 1.47 bits per heavy atom. The van der Waals surface area contributed by atoms with Gasteiger partial charge in [-0.1, -0.05) is 0 Å². The molecule has 0 amide bonds. The number of benzene rings is 2. The molecule has 0 radical (unpaired) electrons. The first-order valence-corrected chi connectivity index (χ1v) is 10.6. The molecule has 2 aromatic rings. The van der Waals surface area contributed by atoms with Crippen LogP contribution in [-0.2, 0) is 0 Å². The van der Waals surface area contributed by atoms with Gasteiger partial charge in [-0.2, -0.15) is 0 Å². The lowest BCUT2D eigenvalue weighted by Crippen LogP contribution is -2.16. The minimum Gasteiger partial charge on any atom is -0.493 e. The molecule has 0 saturated heterocycles. The van der Waals surface area contributed by atoms with Gasteiger partial charge in [0.1, 0.15) is 0 Å². The van der Waals surface area contributed by atoms with Crippen LogP contribution in [0.15, 0.2) is 41.4 Å². The second kappa shape index (κ2) is 12.7. The minimum absolute atomic E-state index is 0.111. The molecule has 1 heterocycles. The van der Waals surface area contributed by atoms with Gasteiger partial charge in [0.25, 0.3) is 0 Å². The molecular formula is C25H34N2O5. The molecule has 1 aliphatic rings. The topological polar surface area (TPSA) is 69.6 Å². The summed E-state index contributed by atoms with van der Waals surface area (Å²) >= 11 is 0. The zero-order valence-electron chi connectivity index (χ0n) is 19.9. The Bertz CT molecular complexity index is 925. The second-order valence-corrected chi connectivity index (χ2v) is 7.55. The first kappa shape index (κ1) is 25.2. The number of ketones is 1. The Morgan fingerprint density at radius 3 is 2.00 bits per heavy atom. The van der Waals surface area contributed by atoms with Crippen molar-refractivity contribution in [3.63, 3.8) is 0 Å². The smallest absolute Gasteiger partial charge is 0.164 e. The number of Topliss-reactive ketones (excluding diaryl/α,β-unsaturated/α-hetero) is 1. The van der Waals surface area contributed by atoms with Crippen molar-refractivity contribution in [2.24, 2.45) is 4.99 Å². The first-order valence-electron chi connectivity index (χ1n) is 10.6. The summed E-state index contributed by atoms with van der Waals surface area (Å²) in [6.45, 7) is 1.69. The van der Waals surface area contributed by atoms with Crippen molar-refractivity contribution in [3.8, 4) is 23.0 Å². The molecule has 0 spiro atoms. The van der Waals surface area contributed by atoms with Gasteiger partial charge < -0.3 is 23.8 Å². The highest BCUT2D eigenvalue weighted by atomic mass is 16.5. The normalized spacial score (nSPS) is 12.5. The Kier molecular flexibility index (Phi) is 10.0. The SMILES string of the molecule is COc1ccc(C(=O)CCN(C)C)cc1OC.COc1ccc(C2=NCCC2)cc1OC. The summed E-state index contributed by atoms with van der Waals surface area (Å²) < 4.78 is 20.7. The van der Waals surface area contributed by atoms with Crippen molar-refractivity contribution in [1.82, 2.24) is 4.90 Å². The van der Waals surface area contributed by atoms with E-state index < -0.39 is 0 Å². The minimum atomic E-state index is 0.111. The number of hydrogen-bond acceptors (Lipinski definition) is 7. The van der Waals surface area contributed by atoms with Crippen LogP contribution in [0, 0.1) is 0 Å². The van der Waals surface area contributed by atoms with Crippen LogP contribution in [0.1, 0.15) is 35.2 Å². The number of rotatable bonds is 9. The van der Waals surface area contributed by atoms with E-state index in [0.717, 1.165) is 43.0 Å². The van der Waals surface area contributed by atoms with Crippen LogP contribution in [0.5, 0.6) is 23.0 Å². The molecule has 0 aromatic heterocycles. The van der Waals surface area contributed by atoms with E-state index in [-0.39, 0.29) is 5.78 Å². The summed E-state index contributed by atoms with van der Waals surface area (Å²) in [7, 11) is 10.3. The number of hydrogen-bond donors (Lipinski definition) is 0. The van der Waals surface area contributed by atoms with Gasteiger partial charge in [0, 0.05) is 30.8 Å². The zero-order chi connectivity index (χ0) is 23.5. The number of aliphatic imine (C=N–C) groups is 1. The van der Waals surface area contributed by atoms with Gasteiger partial charge in [-0.25, -0.2) is 0 Å². The van der Waals surface area contributed by atoms with Crippen LogP contribution in [-0.4, -0.2) is 72.0 Å². The molecule has 0 N–H and O–H groups in total. The molecular weight excluding hydrogens is 408 g/mol. The van der Waals surface area contributed by atoms with Gasteiger partial charge in [0.2, 0.25) is 0 Å². The Morgan fingerprint density at radius 1 is 0.875 bits per heavy atom. The van der Waals surface area contributed by atoms with Gasteiger partial charge in [-0.3, -0.25) is 9.79 Å². The molecule has 0 aliphatic carbocycles. The lowest BCUT2D eigenvalue weighted by atomic mass is 10.1. The maximum absolute atomic E-state index is 11.9. The molecule has 7 heteroatoms. The van der Waals surface area contributed by atoms with E-state index in [1.54, 1.807) is 46.6 Å².